The summed E-state index contributed by atoms with van der Waals surface area (Å²) in [5.74, 6) is 0. The molecule has 0 fully saturated rings. The van der Waals surface area contributed by atoms with Gasteiger partial charge in [0.2, 0.25) is 0 Å². The zero-order chi connectivity index (χ0) is 21.3. The molecule has 6 aromatic rings. The molecule has 0 amide bonds. The number of nitrogens with zero attached hydrogens (tertiary/aromatic N) is 2. The van der Waals surface area contributed by atoms with E-state index in [9.17, 15) is 0 Å². The number of pyridine rings is 1. The van der Waals surface area contributed by atoms with Crippen molar-refractivity contribution in [3.63, 3.8) is 0 Å². The first-order valence-electron chi connectivity index (χ1n) is 10.6. The number of fused-ring (bicyclic) bond motifs is 3. The van der Waals surface area contributed by atoms with E-state index in [1.54, 1.807) is 0 Å². The molecule has 0 atom stereocenters. The van der Waals surface area contributed by atoms with E-state index in [-0.39, 0.29) is 20.4 Å². The van der Waals surface area contributed by atoms with Gasteiger partial charge in [0.05, 0.1) is 11.2 Å². The molecule has 0 aliphatic heterocycles. The first-order valence-corrected chi connectivity index (χ1v) is 10.6. The second kappa shape index (κ2) is 9.08. The van der Waals surface area contributed by atoms with Gasteiger partial charge in [0, 0.05) is 11.1 Å². The van der Waals surface area contributed by atoms with Crippen LogP contribution in [0.3, 0.4) is 0 Å². The summed E-state index contributed by atoms with van der Waals surface area (Å²) < 4.78 is 0. The second-order valence-corrected chi connectivity index (χ2v) is 7.74. The Morgan fingerprint density at radius 3 is 2.45 bits per heavy atom. The molecule has 1 heterocycles. The Kier molecular flexibility index (Phi) is 5.84. The van der Waals surface area contributed by atoms with Gasteiger partial charge in [-0.05, 0) is 18.3 Å². The molecule has 5 aromatic carbocycles. The summed E-state index contributed by atoms with van der Waals surface area (Å²) in [4.78, 5) is 9.80. The molecule has 0 radical (unpaired) electrons. The fraction of sp³-hybridized carbons (Fsp3) is 0. The van der Waals surface area contributed by atoms with E-state index >= 15 is 0 Å². The molecule has 2 nitrogen and oxygen atoms in total. The molecule has 1 aromatic heterocycles. The Bertz CT molecular complexity index is 1630. The predicted octanol–water partition coefficient (Wildman–Crippen LogP) is 7.56. The fourth-order valence-electron chi connectivity index (χ4n) is 4.10. The number of aliphatic imine (C=N–C) groups is 1. The molecule has 0 saturated heterocycles. The standard InChI is InChI=1S/C30H18N2.Pd/c1-2-9-25-19-21(15-16-22(25)7-1)20-31-29-14-6-11-24-17-18-28(32-30(24)29)27-13-5-10-23-8-3-4-12-26(23)27;/h1-11,13-18,20H;/q-2;+2. The summed E-state index contributed by atoms with van der Waals surface area (Å²) in [7, 11) is 0. The smallest absolute Gasteiger partial charge is 0.293 e. The summed E-state index contributed by atoms with van der Waals surface area (Å²) >= 11 is 0. The van der Waals surface area contributed by atoms with Gasteiger partial charge in [-0.1, -0.05) is 65.5 Å². The third kappa shape index (κ3) is 4.10. The average Bonchev–Trinajstić information content (AvgIpc) is 2.86. The van der Waals surface area contributed by atoms with Crippen LogP contribution >= 0.6 is 0 Å². The van der Waals surface area contributed by atoms with Crippen LogP contribution < -0.4 is 0 Å². The van der Waals surface area contributed by atoms with E-state index in [4.69, 9.17) is 9.98 Å². The normalized spacial score (nSPS) is 11.3. The van der Waals surface area contributed by atoms with E-state index in [1.165, 1.54) is 5.39 Å². The zero-order valence-corrected chi connectivity index (χ0v) is 19.2. The van der Waals surface area contributed by atoms with Crippen molar-refractivity contribution < 1.29 is 20.4 Å². The van der Waals surface area contributed by atoms with E-state index in [2.05, 4.69) is 72.8 Å². The van der Waals surface area contributed by atoms with Gasteiger partial charge in [-0.3, -0.25) is 9.98 Å². The van der Waals surface area contributed by atoms with E-state index in [0.29, 0.717) is 0 Å². The number of hydrogen-bond donors (Lipinski definition) is 0. The molecule has 0 aliphatic carbocycles. The van der Waals surface area contributed by atoms with E-state index in [0.717, 1.165) is 49.6 Å². The van der Waals surface area contributed by atoms with Gasteiger partial charge in [-0.25, -0.2) is 0 Å². The molecular weight excluding hydrogens is 495 g/mol. The minimum absolute atomic E-state index is 0. The van der Waals surface area contributed by atoms with Crippen LogP contribution in [0, 0.1) is 12.1 Å². The Morgan fingerprint density at radius 1 is 0.697 bits per heavy atom. The number of hydrogen-bond acceptors (Lipinski definition) is 2. The minimum atomic E-state index is 0. The van der Waals surface area contributed by atoms with Gasteiger partial charge in [0.15, 0.2) is 0 Å². The molecule has 0 aliphatic rings. The van der Waals surface area contributed by atoms with Crippen LogP contribution in [0.1, 0.15) is 5.56 Å². The monoisotopic (exact) mass is 512 g/mol. The third-order valence-electron chi connectivity index (χ3n) is 5.70. The van der Waals surface area contributed by atoms with Crippen molar-refractivity contribution >= 4 is 44.3 Å². The summed E-state index contributed by atoms with van der Waals surface area (Å²) in [6, 6.07) is 41.8. The van der Waals surface area contributed by atoms with Crippen LogP contribution in [-0.2, 0) is 20.4 Å². The quantitative estimate of drug-likeness (QED) is 0.136. The third-order valence-corrected chi connectivity index (χ3v) is 5.70. The largest absolute Gasteiger partial charge is 2.00 e. The number of aromatic nitrogens is 1. The maximum atomic E-state index is 5.01. The van der Waals surface area contributed by atoms with Crippen molar-refractivity contribution in [1.82, 2.24) is 4.98 Å². The maximum absolute atomic E-state index is 5.01. The zero-order valence-electron chi connectivity index (χ0n) is 17.6. The number of para-hydroxylation sites is 1. The number of benzene rings is 5. The first kappa shape index (κ1) is 21.2. The van der Waals surface area contributed by atoms with Crippen LogP contribution in [0.4, 0.5) is 5.69 Å². The first-order chi connectivity index (χ1) is 15.8. The summed E-state index contributed by atoms with van der Waals surface area (Å²) in [5.41, 5.74) is 4.67. The molecule has 6 rings (SSSR count). The topological polar surface area (TPSA) is 25.2 Å². The molecule has 0 spiro atoms. The average molecular weight is 513 g/mol. The van der Waals surface area contributed by atoms with Crippen LogP contribution in [0.5, 0.6) is 0 Å². The van der Waals surface area contributed by atoms with Crippen molar-refractivity contribution in [2.75, 3.05) is 0 Å². The van der Waals surface area contributed by atoms with Crippen molar-refractivity contribution in [2.45, 2.75) is 0 Å². The van der Waals surface area contributed by atoms with Crippen molar-refractivity contribution in [1.29, 1.82) is 0 Å². The van der Waals surface area contributed by atoms with E-state index < -0.39 is 0 Å². The van der Waals surface area contributed by atoms with Gasteiger partial charge in [-0.2, -0.15) is 0 Å². The predicted molar refractivity (Wildman–Crippen MR) is 134 cm³/mol. The fourth-order valence-corrected chi connectivity index (χ4v) is 4.10. The molecule has 0 bridgehead atoms. The van der Waals surface area contributed by atoms with Gasteiger partial charge in [0.25, 0.3) is 0 Å². The van der Waals surface area contributed by atoms with Gasteiger partial charge in [0.1, 0.15) is 0 Å². The van der Waals surface area contributed by atoms with Crippen molar-refractivity contribution in [2.24, 2.45) is 4.99 Å². The summed E-state index contributed by atoms with van der Waals surface area (Å²) in [6.45, 7) is 0. The van der Waals surface area contributed by atoms with Gasteiger partial charge in [-0.15, -0.1) is 70.3 Å². The Morgan fingerprint density at radius 2 is 1.48 bits per heavy atom. The van der Waals surface area contributed by atoms with Crippen LogP contribution in [0.2, 0.25) is 0 Å². The molecule has 0 saturated carbocycles. The molecule has 33 heavy (non-hydrogen) atoms. The Balaban J connectivity index is 0.00000228. The van der Waals surface area contributed by atoms with Crippen LogP contribution in [0.15, 0.2) is 108 Å². The molecule has 0 N–H and O–H groups in total. The molecule has 158 valence electrons. The SMILES string of the molecule is [Pd+2].[c-]1c(C=Nc2cccc3ccc(-c4cccc5ccc[c-]c45)nc23)ccc2ccccc12. The Labute approximate surface area is 206 Å². The van der Waals surface area contributed by atoms with Gasteiger partial charge < -0.3 is 0 Å². The maximum Gasteiger partial charge on any atom is 2.00 e. The molecule has 3 heteroatoms. The number of rotatable bonds is 3. The summed E-state index contributed by atoms with van der Waals surface area (Å²) in [5, 5.41) is 5.56. The minimum Gasteiger partial charge on any atom is -0.293 e. The van der Waals surface area contributed by atoms with Crippen molar-refractivity contribution in [3.8, 4) is 11.3 Å². The van der Waals surface area contributed by atoms with E-state index in [1.807, 2.05) is 48.7 Å². The molecule has 0 unspecified atom stereocenters. The molecular formula is C30H18N2Pd. The summed E-state index contributed by atoms with van der Waals surface area (Å²) in [6.07, 6.45) is 1.86. The second-order valence-electron chi connectivity index (χ2n) is 7.74. The van der Waals surface area contributed by atoms with Gasteiger partial charge >= 0.3 is 20.4 Å². The van der Waals surface area contributed by atoms with Crippen LogP contribution in [-0.4, -0.2) is 11.2 Å². The van der Waals surface area contributed by atoms with Crippen LogP contribution in [0.25, 0.3) is 43.7 Å². The Hall–Kier alpha value is -3.64. The van der Waals surface area contributed by atoms with Crippen molar-refractivity contribution in [3.05, 3.63) is 121 Å².